The Morgan fingerprint density at radius 3 is 2.52 bits per heavy atom. The smallest absolute Gasteiger partial charge is 0.273 e. The van der Waals surface area contributed by atoms with E-state index >= 15 is 0 Å². The van der Waals surface area contributed by atoms with Crippen molar-refractivity contribution in [2.24, 2.45) is 0 Å². The molecule has 0 bridgehead atoms. The molecular formula is C18H21ClN4O2. The first-order chi connectivity index (χ1) is 12.0. The van der Waals surface area contributed by atoms with Crippen molar-refractivity contribution in [3.05, 3.63) is 72.1 Å². The Morgan fingerprint density at radius 2 is 1.92 bits per heavy atom. The van der Waals surface area contributed by atoms with Crippen LogP contribution in [0.4, 0.5) is 0 Å². The molecule has 7 heteroatoms. The Kier molecular flexibility index (Phi) is 6.50. The average molecular weight is 361 g/mol. The van der Waals surface area contributed by atoms with Gasteiger partial charge in [-0.15, -0.1) is 18.3 Å². The summed E-state index contributed by atoms with van der Waals surface area (Å²) in [4.78, 5) is 12.2. The zero-order valence-corrected chi connectivity index (χ0v) is 14.6. The minimum absolute atomic E-state index is 0.0773. The summed E-state index contributed by atoms with van der Waals surface area (Å²) in [6.07, 6.45) is 5.48. The normalized spacial score (nSPS) is 11.1. The van der Waals surface area contributed by atoms with E-state index in [0.29, 0.717) is 24.4 Å². The minimum Gasteiger partial charge on any atom is -0.387 e. The predicted molar refractivity (Wildman–Crippen MR) is 97.5 cm³/mol. The van der Waals surface area contributed by atoms with Crippen molar-refractivity contribution in [3.63, 3.8) is 0 Å². The van der Waals surface area contributed by atoms with Crippen molar-refractivity contribution in [1.82, 2.24) is 20.3 Å². The van der Waals surface area contributed by atoms with Gasteiger partial charge in [0, 0.05) is 11.6 Å². The number of benzene rings is 1. The van der Waals surface area contributed by atoms with Crippen molar-refractivity contribution in [2.45, 2.75) is 25.0 Å². The first kappa shape index (κ1) is 18.9. The van der Waals surface area contributed by atoms with Gasteiger partial charge in [0.25, 0.3) is 5.91 Å². The molecule has 0 unspecified atom stereocenters. The lowest BCUT2D eigenvalue weighted by Crippen LogP contribution is -2.42. The summed E-state index contributed by atoms with van der Waals surface area (Å²) in [6.45, 7) is 7.80. The van der Waals surface area contributed by atoms with Gasteiger partial charge in [-0.1, -0.05) is 41.1 Å². The number of carbonyl (C=O) groups is 1. The van der Waals surface area contributed by atoms with Crippen LogP contribution in [0.2, 0.25) is 5.02 Å². The summed E-state index contributed by atoms with van der Waals surface area (Å²) < 4.78 is 1.57. The third-order valence-electron chi connectivity index (χ3n) is 3.66. The number of halogens is 1. The van der Waals surface area contributed by atoms with Crippen molar-refractivity contribution in [2.75, 3.05) is 6.54 Å². The van der Waals surface area contributed by atoms with Crippen LogP contribution < -0.4 is 5.32 Å². The summed E-state index contributed by atoms with van der Waals surface area (Å²) in [7, 11) is 0. The van der Waals surface area contributed by atoms with Crippen LogP contribution in [0.15, 0.2) is 55.8 Å². The van der Waals surface area contributed by atoms with E-state index in [0.717, 1.165) is 5.56 Å². The molecule has 1 aromatic heterocycles. The van der Waals surface area contributed by atoms with E-state index in [1.807, 2.05) is 12.1 Å². The second kappa shape index (κ2) is 8.60. The van der Waals surface area contributed by atoms with E-state index in [1.165, 1.54) is 0 Å². The van der Waals surface area contributed by atoms with Crippen LogP contribution in [-0.4, -0.2) is 38.2 Å². The molecule has 0 radical (unpaired) electrons. The van der Waals surface area contributed by atoms with Gasteiger partial charge >= 0.3 is 0 Å². The maximum atomic E-state index is 12.2. The summed E-state index contributed by atoms with van der Waals surface area (Å²) >= 11 is 5.86. The van der Waals surface area contributed by atoms with Gasteiger partial charge in [-0.3, -0.25) is 4.79 Å². The van der Waals surface area contributed by atoms with Crippen LogP contribution in [0.1, 0.15) is 28.9 Å². The van der Waals surface area contributed by atoms with Gasteiger partial charge < -0.3 is 10.4 Å². The van der Waals surface area contributed by atoms with Gasteiger partial charge in [0.1, 0.15) is 0 Å². The zero-order valence-electron chi connectivity index (χ0n) is 13.9. The molecule has 0 aliphatic rings. The van der Waals surface area contributed by atoms with Crippen LogP contribution in [0, 0.1) is 0 Å². The number of nitrogens with one attached hydrogen (secondary N) is 1. The third-order valence-corrected chi connectivity index (χ3v) is 3.91. The van der Waals surface area contributed by atoms with Crippen LogP contribution in [0.5, 0.6) is 0 Å². The summed E-state index contributed by atoms with van der Waals surface area (Å²) in [5.74, 6) is -0.395. The van der Waals surface area contributed by atoms with Crippen molar-refractivity contribution in [1.29, 1.82) is 0 Å². The first-order valence-electron chi connectivity index (χ1n) is 7.83. The van der Waals surface area contributed by atoms with Gasteiger partial charge in [-0.05, 0) is 30.5 Å². The van der Waals surface area contributed by atoms with Gasteiger partial charge in [0.2, 0.25) is 0 Å². The number of aliphatic hydroxyl groups is 1. The first-order valence-corrected chi connectivity index (χ1v) is 8.20. The highest BCUT2D eigenvalue weighted by Gasteiger charge is 2.25. The van der Waals surface area contributed by atoms with Gasteiger partial charge in [0.15, 0.2) is 5.69 Å². The van der Waals surface area contributed by atoms with E-state index in [-0.39, 0.29) is 12.2 Å². The molecule has 2 rings (SSSR count). The number of aromatic nitrogens is 3. The molecule has 25 heavy (non-hydrogen) atoms. The quantitative estimate of drug-likeness (QED) is 0.673. The van der Waals surface area contributed by atoms with Crippen LogP contribution in [0.25, 0.3) is 0 Å². The van der Waals surface area contributed by atoms with E-state index in [2.05, 4.69) is 28.8 Å². The molecule has 2 N–H and O–H groups in total. The Labute approximate surface area is 151 Å². The number of nitrogens with zero attached hydrogens (tertiary/aromatic N) is 3. The Morgan fingerprint density at radius 1 is 1.28 bits per heavy atom. The molecule has 0 atom stereocenters. The number of carbonyl (C=O) groups excluding carboxylic acids is 1. The maximum absolute atomic E-state index is 12.2. The van der Waals surface area contributed by atoms with Crippen LogP contribution >= 0.6 is 11.6 Å². The molecule has 0 aliphatic carbocycles. The molecule has 6 nitrogen and oxygen atoms in total. The molecule has 1 heterocycles. The molecule has 132 valence electrons. The fourth-order valence-corrected chi connectivity index (χ4v) is 2.48. The predicted octanol–water partition coefficient (Wildman–Crippen LogP) is 2.59. The second-order valence-electron chi connectivity index (χ2n) is 5.82. The molecule has 0 aliphatic heterocycles. The molecule has 0 saturated heterocycles. The van der Waals surface area contributed by atoms with E-state index in [4.69, 9.17) is 11.6 Å². The standard InChI is InChI=1S/C18H21ClN4O2/c1-3-9-18(25,10-4-2)13-20-17(24)16-12-23(22-21-16)11-14-5-7-15(19)8-6-14/h3-8,12,25H,1-2,9-11,13H2,(H,20,24). The van der Waals surface area contributed by atoms with Gasteiger partial charge in [0.05, 0.1) is 18.3 Å². The molecule has 1 aromatic carbocycles. The highest BCUT2D eigenvalue weighted by atomic mass is 35.5. The van der Waals surface area contributed by atoms with Crippen molar-refractivity contribution in [3.8, 4) is 0 Å². The Balaban J connectivity index is 1.96. The van der Waals surface area contributed by atoms with Crippen LogP contribution in [-0.2, 0) is 6.54 Å². The highest BCUT2D eigenvalue weighted by molar-refractivity contribution is 6.30. The zero-order chi connectivity index (χ0) is 18.3. The third kappa shape index (κ3) is 5.55. The minimum atomic E-state index is -1.10. The highest BCUT2D eigenvalue weighted by Crippen LogP contribution is 2.15. The fourth-order valence-electron chi connectivity index (χ4n) is 2.36. The Bertz CT molecular complexity index is 730. The molecule has 0 spiro atoms. The van der Waals surface area contributed by atoms with Crippen molar-refractivity contribution < 1.29 is 9.90 Å². The van der Waals surface area contributed by atoms with Crippen LogP contribution in [0.3, 0.4) is 0 Å². The lowest BCUT2D eigenvalue weighted by Gasteiger charge is -2.25. The monoisotopic (exact) mass is 360 g/mol. The van der Waals surface area contributed by atoms with Gasteiger partial charge in [-0.2, -0.15) is 0 Å². The average Bonchev–Trinajstić information content (AvgIpc) is 3.04. The largest absolute Gasteiger partial charge is 0.387 e. The van der Waals surface area contributed by atoms with E-state index in [9.17, 15) is 9.90 Å². The number of amides is 1. The summed E-state index contributed by atoms with van der Waals surface area (Å²) in [5.41, 5.74) is 0.0828. The Hall–Kier alpha value is -2.44. The molecule has 2 aromatic rings. The molecular weight excluding hydrogens is 340 g/mol. The van der Waals surface area contributed by atoms with E-state index in [1.54, 1.807) is 35.2 Å². The maximum Gasteiger partial charge on any atom is 0.273 e. The molecule has 1 amide bonds. The topological polar surface area (TPSA) is 80.0 Å². The van der Waals surface area contributed by atoms with E-state index < -0.39 is 11.5 Å². The number of rotatable bonds is 9. The fraction of sp³-hybridized carbons (Fsp3) is 0.278. The second-order valence-corrected chi connectivity index (χ2v) is 6.26. The number of hydrogen-bond donors (Lipinski definition) is 2. The lowest BCUT2D eigenvalue weighted by atomic mass is 9.95. The molecule has 0 fully saturated rings. The summed E-state index contributed by atoms with van der Waals surface area (Å²) in [6, 6.07) is 7.35. The SMILES string of the molecule is C=CCC(O)(CC=C)CNC(=O)c1cn(Cc2ccc(Cl)cc2)nn1. The number of hydrogen-bond acceptors (Lipinski definition) is 4. The van der Waals surface area contributed by atoms with Gasteiger partial charge in [-0.25, -0.2) is 4.68 Å². The molecule has 0 saturated carbocycles. The summed E-state index contributed by atoms with van der Waals surface area (Å²) in [5, 5.41) is 21.6. The lowest BCUT2D eigenvalue weighted by molar-refractivity contribution is 0.0436. The van der Waals surface area contributed by atoms with Crippen molar-refractivity contribution >= 4 is 17.5 Å².